The average Bonchev–Trinajstić information content (AvgIpc) is 3.97. The van der Waals surface area contributed by atoms with E-state index in [1.165, 1.54) is 12.1 Å². The van der Waals surface area contributed by atoms with Gasteiger partial charge in [-0.05, 0) is 113 Å². The monoisotopic (exact) mass is 718 g/mol. The number of phenolic OH excluding ortho intramolecular Hbond substituents is 1. The van der Waals surface area contributed by atoms with Crippen molar-refractivity contribution in [3.8, 4) is 11.5 Å². The number of carbonyl (C=O) groups is 1. The lowest BCUT2D eigenvalue weighted by atomic mass is 9.55. The lowest BCUT2D eigenvalue weighted by molar-refractivity contribution is -0.258. The average molecular weight is 719 g/mol. The molecule has 6 rings (SSSR count). The Bertz CT molecular complexity index is 1630. The van der Waals surface area contributed by atoms with Gasteiger partial charge in [-0.3, -0.25) is 4.79 Å². The first-order valence-electron chi connectivity index (χ1n) is 19.0. The number of nitrogens with zero attached hydrogens (tertiary/aromatic N) is 2. The summed E-state index contributed by atoms with van der Waals surface area (Å²) < 4.78 is 28.3. The van der Waals surface area contributed by atoms with E-state index in [0.29, 0.717) is 24.3 Å². The fraction of sp³-hybridized carbons (Fsp3) is 0.571. The van der Waals surface area contributed by atoms with Gasteiger partial charge in [-0.15, -0.1) is 6.58 Å². The fourth-order valence-corrected chi connectivity index (χ4v) is 8.54. The van der Waals surface area contributed by atoms with Crippen LogP contribution in [0.4, 0.5) is 4.39 Å². The number of rotatable bonds is 16. The second-order valence-corrected chi connectivity index (χ2v) is 15.9. The number of hydrogen-bond acceptors (Lipinski definition) is 8. The van der Waals surface area contributed by atoms with Crippen LogP contribution < -0.4 is 4.74 Å². The molecule has 10 heteroatoms. The van der Waals surface area contributed by atoms with Gasteiger partial charge in [0.1, 0.15) is 29.0 Å². The number of allylic oxidation sites excluding steroid dienone is 1. The van der Waals surface area contributed by atoms with Crippen LogP contribution in [0.25, 0.3) is 0 Å². The van der Waals surface area contributed by atoms with Crippen LogP contribution in [0, 0.1) is 29.5 Å². The van der Waals surface area contributed by atoms with Gasteiger partial charge in [0, 0.05) is 43.6 Å². The van der Waals surface area contributed by atoms with E-state index in [-0.39, 0.29) is 73.9 Å². The van der Waals surface area contributed by atoms with E-state index in [2.05, 4.69) is 12.7 Å². The van der Waals surface area contributed by atoms with E-state index >= 15 is 0 Å². The quantitative estimate of drug-likeness (QED) is 0.0940. The van der Waals surface area contributed by atoms with Gasteiger partial charge in [0.05, 0.1) is 18.2 Å². The lowest BCUT2D eigenvalue weighted by Crippen LogP contribution is -2.70. The third-order valence-electron chi connectivity index (χ3n) is 10.9. The number of aliphatic hydroxyl groups excluding tert-OH is 2. The van der Waals surface area contributed by atoms with Crippen LogP contribution in [-0.2, 0) is 20.9 Å². The summed E-state index contributed by atoms with van der Waals surface area (Å²) >= 11 is 0. The van der Waals surface area contributed by atoms with E-state index < -0.39 is 23.3 Å². The Morgan fingerprint density at radius 3 is 2.44 bits per heavy atom. The van der Waals surface area contributed by atoms with Crippen LogP contribution in [0.15, 0.2) is 71.9 Å². The highest BCUT2D eigenvalue weighted by atomic mass is 19.1. The van der Waals surface area contributed by atoms with Gasteiger partial charge < -0.3 is 34.5 Å². The van der Waals surface area contributed by atoms with Crippen molar-refractivity contribution in [3.63, 3.8) is 0 Å². The zero-order valence-electron chi connectivity index (χ0n) is 30.8. The minimum Gasteiger partial charge on any atom is -0.508 e. The van der Waals surface area contributed by atoms with Crippen LogP contribution in [-0.4, -0.2) is 69.1 Å². The van der Waals surface area contributed by atoms with Gasteiger partial charge in [0.2, 0.25) is 11.7 Å². The first-order chi connectivity index (χ1) is 25.0. The second kappa shape index (κ2) is 16.1. The van der Waals surface area contributed by atoms with E-state index in [0.717, 1.165) is 55.2 Å². The number of ether oxygens (including phenoxy) is 2. The minimum atomic E-state index is -1.38. The van der Waals surface area contributed by atoms with Gasteiger partial charge in [0.25, 0.3) is 0 Å². The van der Waals surface area contributed by atoms with Crippen molar-refractivity contribution in [1.29, 1.82) is 0 Å². The summed E-state index contributed by atoms with van der Waals surface area (Å²) in [6.45, 7) is 10.4. The van der Waals surface area contributed by atoms with Crippen molar-refractivity contribution in [3.05, 3.63) is 83.7 Å². The molecule has 0 saturated heterocycles. The van der Waals surface area contributed by atoms with Gasteiger partial charge >= 0.3 is 0 Å². The molecule has 2 saturated carbocycles. The molecule has 1 amide bonds. The number of carbonyl (C=O) groups excluding carboxylic acids is 1. The summed E-state index contributed by atoms with van der Waals surface area (Å²) in [4.78, 5) is 22.6. The van der Waals surface area contributed by atoms with Crippen LogP contribution in [0.3, 0.4) is 0 Å². The van der Waals surface area contributed by atoms with E-state index in [9.17, 15) is 24.5 Å². The highest BCUT2D eigenvalue weighted by molar-refractivity contribution is 6.03. The van der Waals surface area contributed by atoms with Gasteiger partial charge in [0.15, 0.2) is 0 Å². The minimum absolute atomic E-state index is 0.00624. The van der Waals surface area contributed by atoms with E-state index in [1.807, 2.05) is 25.7 Å². The molecule has 282 valence electrons. The molecule has 2 fully saturated rings. The predicted molar refractivity (Wildman–Crippen MR) is 197 cm³/mol. The molecule has 3 aliphatic carbocycles. The Balaban J connectivity index is 1.60. The van der Waals surface area contributed by atoms with Gasteiger partial charge in [-0.2, -0.15) is 0 Å². The number of fused-ring (bicyclic) bond motifs is 2. The fourth-order valence-electron chi connectivity index (χ4n) is 8.54. The first-order valence-corrected chi connectivity index (χ1v) is 19.0. The van der Waals surface area contributed by atoms with Crippen LogP contribution >= 0.6 is 0 Å². The zero-order chi connectivity index (χ0) is 37.0. The molecule has 6 unspecified atom stereocenters. The Kier molecular flexibility index (Phi) is 11.8. The Labute approximate surface area is 307 Å². The maximum absolute atomic E-state index is 14.5. The van der Waals surface area contributed by atoms with Crippen molar-refractivity contribution < 1.29 is 38.8 Å². The van der Waals surface area contributed by atoms with Crippen LogP contribution in [0.2, 0.25) is 0 Å². The first kappa shape index (κ1) is 38.0. The van der Waals surface area contributed by atoms with Crippen molar-refractivity contribution in [1.82, 2.24) is 4.90 Å². The van der Waals surface area contributed by atoms with E-state index in [1.54, 1.807) is 36.4 Å². The molecule has 1 aliphatic heterocycles. The molecular formula is C42H55FN2O7. The Hall–Kier alpha value is -3.73. The van der Waals surface area contributed by atoms with Crippen molar-refractivity contribution in [2.45, 2.75) is 108 Å². The number of phenols is 1. The molecule has 0 bridgehead atoms. The summed E-state index contributed by atoms with van der Waals surface area (Å²) in [5.41, 5.74) is 2.72. The normalized spacial score (nSPS) is 27.2. The SMILES string of the molecule is C=CCOC12Oc3ccc(O)cc3C3C(CCCCO)C(CCCCO)C=C(C(=NOC(C)(C)C)CC1N(Cc1ccc(F)cc1)C(=O)C1CC1)C32. The Morgan fingerprint density at radius 1 is 1.08 bits per heavy atom. The standard InChI is InChI=1S/C42H55FN2O7/c1-5-22-50-42-37(45(40(49)28-14-15-28)26-27-12-16-30(43)17-13-27)25-35(44-52-41(2,3)4)33-23-29(10-6-8-20-46)32(11-7-9-21-47)38(39(33)42)34-24-31(48)18-19-36(34)51-42/h5,12-13,16-19,23-24,28-29,32,37-39,46-48H,1,6-11,14-15,20-22,25-26H2,2-4H3. The third kappa shape index (κ3) is 8.09. The van der Waals surface area contributed by atoms with Gasteiger partial charge in [-0.25, -0.2) is 4.39 Å². The summed E-state index contributed by atoms with van der Waals surface area (Å²) in [7, 11) is 0. The molecule has 52 heavy (non-hydrogen) atoms. The van der Waals surface area contributed by atoms with Crippen LogP contribution in [0.5, 0.6) is 11.5 Å². The maximum Gasteiger partial charge on any atom is 0.239 e. The van der Waals surface area contributed by atoms with E-state index in [4.69, 9.17) is 19.5 Å². The number of amides is 1. The number of hydrogen-bond donors (Lipinski definition) is 3. The number of oxime groups is 1. The molecular weight excluding hydrogens is 663 g/mol. The molecule has 2 aromatic carbocycles. The molecule has 9 nitrogen and oxygen atoms in total. The number of halogens is 1. The summed E-state index contributed by atoms with van der Waals surface area (Å²) in [5.74, 6) is -1.68. The van der Waals surface area contributed by atoms with Crippen LogP contribution in [0.1, 0.15) is 95.6 Å². The number of benzene rings is 2. The molecule has 4 aliphatic rings. The topological polar surface area (TPSA) is 121 Å². The van der Waals surface area contributed by atoms with Crippen molar-refractivity contribution >= 4 is 11.6 Å². The molecule has 2 aromatic rings. The highest BCUT2D eigenvalue weighted by Gasteiger charge is 2.66. The number of aromatic hydroxyl groups is 1. The van der Waals surface area contributed by atoms with Crippen molar-refractivity contribution in [2.75, 3.05) is 19.8 Å². The summed E-state index contributed by atoms with van der Waals surface area (Å²) in [6.07, 6.45) is 10.5. The van der Waals surface area contributed by atoms with Gasteiger partial charge in [-0.1, -0.05) is 42.3 Å². The summed E-state index contributed by atoms with van der Waals surface area (Å²) in [6, 6.07) is 10.8. The predicted octanol–water partition coefficient (Wildman–Crippen LogP) is 7.40. The molecule has 0 spiro atoms. The summed E-state index contributed by atoms with van der Waals surface area (Å²) in [5, 5.41) is 35.3. The highest BCUT2D eigenvalue weighted by Crippen LogP contribution is 2.62. The molecule has 1 heterocycles. The number of unbranched alkanes of at least 4 members (excludes halogenated alkanes) is 2. The smallest absolute Gasteiger partial charge is 0.239 e. The Morgan fingerprint density at radius 2 is 1.79 bits per heavy atom. The largest absolute Gasteiger partial charge is 0.508 e. The molecule has 3 N–H and O–H groups in total. The lowest BCUT2D eigenvalue weighted by Gasteiger charge is -2.60. The molecule has 6 atom stereocenters. The molecule has 0 radical (unpaired) electrons. The zero-order valence-corrected chi connectivity index (χ0v) is 30.8. The number of aliphatic hydroxyl groups is 2. The third-order valence-corrected chi connectivity index (χ3v) is 10.9. The van der Waals surface area contributed by atoms with Crippen molar-refractivity contribution in [2.24, 2.45) is 28.8 Å². The maximum atomic E-state index is 14.5. The second-order valence-electron chi connectivity index (χ2n) is 15.9. The molecule has 0 aromatic heterocycles.